The van der Waals surface area contributed by atoms with Crippen molar-refractivity contribution in [1.82, 2.24) is 0 Å². The van der Waals surface area contributed by atoms with E-state index in [1.54, 1.807) is 0 Å². The Morgan fingerprint density at radius 2 is 0.711 bits per heavy atom. The number of carbonyl (C=O) groups is 1. The Morgan fingerprint density at radius 3 is 0.947 bits per heavy atom. The van der Waals surface area contributed by atoms with Crippen molar-refractivity contribution in [2.75, 3.05) is 0 Å². The number of halogens is 12. The van der Waals surface area contributed by atoms with E-state index in [1.165, 1.54) is 0 Å². The number of carbonyl (C=O) groups excluding carboxylic acids is 1. The number of aryl methyl sites for hydroxylation is 2. The lowest BCUT2D eigenvalue weighted by atomic mass is 9.98. The molecule has 1 nitrogen and oxygen atoms in total. The van der Waals surface area contributed by atoms with Crippen molar-refractivity contribution in [3.05, 3.63) is 69.8 Å². The number of alkyl halides is 12. The topological polar surface area (TPSA) is 17.1 Å². The largest absolute Gasteiger partial charge is 0.416 e. The number of benzene rings is 2. The highest BCUT2D eigenvalue weighted by Crippen LogP contribution is 2.38. The zero-order valence-electron chi connectivity index (χ0n) is 19.6. The number of Topliss-reactive ketones (excluding diaryl/α,β-unsaturated/α-hetero) is 1. The molecule has 212 valence electrons. The van der Waals surface area contributed by atoms with Gasteiger partial charge in [-0.1, -0.05) is 0 Å². The first-order valence-corrected chi connectivity index (χ1v) is 11.4. The molecule has 0 aliphatic carbocycles. The van der Waals surface area contributed by atoms with Gasteiger partial charge in [-0.3, -0.25) is 4.79 Å². The molecule has 0 aliphatic rings. The van der Waals surface area contributed by atoms with Crippen LogP contribution < -0.4 is 0 Å². The monoisotopic (exact) mass is 566 g/mol. The molecule has 38 heavy (non-hydrogen) atoms. The van der Waals surface area contributed by atoms with Crippen LogP contribution in [0.1, 0.15) is 71.9 Å². The molecule has 0 aliphatic heterocycles. The molecular weight excluding hydrogens is 544 g/mol. The molecule has 0 saturated carbocycles. The normalized spacial score (nSPS) is 13.2. The van der Waals surface area contributed by atoms with Crippen LogP contribution >= 0.6 is 0 Å². The Morgan fingerprint density at radius 1 is 0.447 bits per heavy atom. The lowest BCUT2D eigenvalue weighted by molar-refractivity contribution is -0.144. The van der Waals surface area contributed by atoms with Gasteiger partial charge in [0.2, 0.25) is 0 Å². The molecule has 0 N–H and O–H groups in total. The molecule has 0 amide bonds. The zero-order valence-corrected chi connectivity index (χ0v) is 19.6. The standard InChI is InChI=1S/C25H22F12O/c26-22(27,28)17-9-15(10-18(13-17)23(29,30)31)5-1-3-7-21(38)8-4-2-6-16-11-19(24(32,33)34)14-20(12-16)25(35,36)37/h9-14H,1-8H2. The third kappa shape index (κ3) is 9.86. The summed E-state index contributed by atoms with van der Waals surface area (Å²) in [4.78, 5) is 12.0. The van der Waals surface area contributed by atoms with Crippen molar-refractivity contribution in [3.8, 4) is 0 Å². The number of rotatable bonds is 10. The van der Waals surface area contributed by atoms with E-state index in [4.69, 9.17) is 0 Å². The van der Waals surface area contributed by atoms with E-state index in [0.29, 0.717) is 24.3 Å². The molecule has 0 aromatic heterocycles. The molecule has 0 saturated heterocycles. The highest BCUT2D eigenvalue weighted by molar-refractivity contribution is 5.78. The van der Waals surface area contributed by atoms with Crippen molar-refractivity contribution in [3.63, 3.8) is 0 Å². The van der Waals surface area contributed by atoms with Gasteiger partial charge in [0.1, 0.15) is 5.78 Å². The maximum absolute atomic E-state index is 12.9. The lowest BCUT2D eigenvalue weighted by Crippen LogP contribution is -2.12. The smallest absolute Gasteiger partial charge is 0.300 e. The maximum atomic E-state index is 12.9. The zero-order chi connectivity index (χ0) is 28.9. The van der Waals surface area contributed by atoms with Crippen LogP contribution in [0.3, 0.4) is 0 Å². The van der Waals surface area contributed by atoms with Crippen LogP contribution in [0.15, 0.2) is 36.4 Å². The Labute approximate surface area is 209 Å². The van der Waals surface area contributed by atoms with Gasteiger partial charge in [-0.05, 0) is 86.1 Å². The molecule has 0 unspecified atom stereocenters. The predicted octanol–water partition coefficient (Wildman–Crippen LogP) is 9.46. The molecule has 0 atom stereocenters. The van der Waals surface area contributed by atoms with Crippen LogP contribution in [0.5, 0.6) is 0 Å². The Balaban J connectivity index is 1.84. The van der Waals surface area contributed by atoms with Crippen LogP contribution in [0.4, 0.5) is 52.7 Å². The number of hydrogen-bond donors (Lipinski definition) is 0. The minimum Gasteiger partial charge on any atom is -0.300 e. The lowest BCUT2D eigenvalue weighted by Gasteiger charge is -2.14. The molecule has 13 heteroatoms. The fourth-order valence-electron chi connectivity index (χ4n) is 3.75. The fourth-order valence-corrected chi connectivity index (χ4v) is 3.75. The summed E-state index contributed by atoms with van der Waals surface area (Å²) in [6.45, 7) is 0. The van der Waals surface area contributed by atoms with Gasteiger partial charge in [0, 0.05) is 12.8 Å². The van der Waals surface area contributed by atoms with Crippen LogP contribution in [0.25, 0.3) is 0 Å². The van der Waals surface area contributed by atoms with E-state index >= 15 is 0 Å². The second-order valence-electron chi connectivity index (χ2n) is 8.78. The summed E-state index contributed by atoms with van der Waals surface area (Å²) in [6, 6.07) is 2.53. The van der Waals surface area contributed by atoms with Crippen LogP contribution in [0, 0.1) is 0 Å². The average Bonchev–Trinajstić information content (AvgIpc) is 2.77. The molecule has 2 rings (SSSR count). The quantitative estimate of drug-likeness (QED) is 0.207. The minimum atomic E-state index is -4.96. The van der Waals surface area contributed by atoms with Crippen LogP contribution in [0.2, 0.25) is 0 Å². The summed E-state index contributed by atoms with van der Waals surface area (Å²) in [5.41, 5.74) is -6.08. The summed E-state index contributed by atoms with van der Waals surface area (Å²) in [6.07, 6.45) is -19.5. The first-order valence-electron chi connectivity index (χ1n) is 11.4. The van der Waals surface area contributed by atoms with Crippen molar-refractivity contribution in [1.29, 1.82) is 0 Å². The van der Waals surface area contributed by atoms with E-state index in [0.717, 1.165) is 0 Å². The first kappa shape index (κ1) is 31.5. The highest BCUT2D eigenvalue weighted by atomic mass is 19.4. The third-order valence-electron chi connectivity index (χ3n) is 5.64. The molecule has 2 aromatic rings. The van der Waals surface area contributed by atoms with E-state index in [2.05, 4.69) is 0 Å². The van der Waals surface area contributed by atoms with Crippen LogP contribution in [-0.4, -0.2) is 5.78 Å². The average molecular weight is 566 g/mol. The molecule has 0 radical (unpaired) electrons. The SMILES string of the molecule is O=C(CCCCc1cc(C(F)(F)F)cc(C(F)(F)F)c1)CCCCc1cc(C(F)(F)F)cc(C(F)(F)F)c1. The van der Waals surface area contributed by atoms with Gasteiger partial charge < -0.3 is 0 Å². The van der Waals surface area contributed by atoms with Gasteiger partial charge >= 0.3 is 24.7 Å². The van der Waals surface area contributed by atoms with Gasteiger partial charge in [0.05, 0.1) is 22.3 Å². The van der Waals surface area contributed by atoms with Crippen molar-refractivity contribution >= 4 is 5.78 Å². The van der Waals surface area contributed by atoms with E-state index in [9.17, 15) is 57.5 Å². The Kier molecular flexibility index (Phi) is 9.93. The molecule has 0 bridgehead atoms. The van der Waals surface area contributed by atoms with E-state index < -0.39 is 47.0 Å². The van der Waals surface area contributed by atoms with Gasteiger partial charge in [0.15, 0.2) is 0 Å². The van der Waals surface area contributed by atoms with Gasteiger partial charge in [0.25, 0.3) is 0 Å². The maximum Gasteiger partial charge on any atom is 0.416 e. The van der Waals surface area contributed by atoms with Crippen molar-refractivity contribution < 1.29 is 57.5 Å². The summed E-state index contributed by atoms with van der Waals surface area (Å²) in [5, 5.41) is 0. The molecule has 2 aromatic carbocycles. The van der Waals surface area contributed by atoms with E-state index in [-0.39, 0.29) is 80.4 Å². The number of ketones is 1. The minimum absolute atomic E-state index is 0.0210. The van der Waals surface area contributed by atoms with Crippen molar-refractivity contribution in [2.24, 2.45) is 0 Å². The third-order valence-corrected chi connectivity index (χ3v) is 5.64. The second kappa shape index (κ2) is 12.0. The summed E-state index contributed by atoms with van der Waals surface area (Å²) < 4.78 is 155. The molecule has 0 heterocycles. The summed E-state index contributed by atoms with van der Waals surface area (Å²) in [5.74, 6) is -0.287. The molecule has 0 fully saturated rings. The molecule has 0 spiro atoms. The van der Waals surface area contributed by atoms with Crippen molar-refractivity contribution in [2.45, 2.75) is 76.1 Å². The Bertz CT molecular complexity index is 941. The van der Waals surface area contributed by atoms with Gasteiger partial charge in [-0.25, -0.2) is 0 Å². The number of hydrogen-bond acceptors (Lipinski definition) is 1. The van der Waals surface area contributed by atoms with Crippen LogP contribution in [-0.2, 0) is 42.3 Å². The summed E-state index contributed by atoms with van der Waals surface area (Å²) in [7, 11) is 0. The van der Waals surface area contributed by atoms with Gasteiger partial charge in [-0.2, -0.15) is 52.7 Å². The van der Waals surface area contributed by atoms with E-state index in [1.807, 2.05) is 0 Å². The highest BCUT2D eigenvalue weighted by Gasteiger charge is 2.38. The Hall–Kier alpha value is -2.73. The predicted molar refractivity (Wildman–Crippen MR) is 113 cm³/mol. The summed E-state index contributed by atoms with van der Waals surface area (Å²) >= 11 is 0. The fraction of sp³-hybridized carbons (Fsp3) is 0.480. The van der Waals surface area contributed by atoms with Gasteiger partial charge in [-0.15, -0.1) is 0 Å². The second-order valence-corrected chi connectivity index (χ2v) is 8.78. The first-order chi connectivity index (χ1) is 17.3. The number of unbranched alkanes of at least 4 members (excludes halogenated alkanes) is 2. The molecular formula is C25H22F12O.